The standard InChI is InChI=1S/C27H32ClN3O7S2/c1-27(2,3)38-26(33)29-18(11-16-9-7-6-8-10-16)24(32)30-25-31(20-14-40(34,35)15-23(20)39-25)19-12-17(28)21(36-4)13-22(19)37-5/h6-10,12-13,18,20,23H,11,14-15H2,1-5H3,(H,29,33)/t18-,20+,23+/m1/s1. The monoisotopic (exact) mass is 609 g/mol. The van der Waals surface area contributed by atoms with Crippen molar-refractivity contribution < 1.29 is 32.2 Å². The molecule has 0 aliphatic carbocycles. The number of carbonyl (C=O) groups is 2. The summed E-state index contributed by atoms with van der Waals surface area (Å²) in [5, 5.41) is 2.88. The molecule has 0 spiro atoms. The van der Waals surface area contributed by atoms with E-state index in [0.717, 1.165) is 5.56 Å². The van der Waals surface area contributed by atoms with Crippen LogP contribution in [0.4, 0.5) is 10.5 Å². The highest BCUT2D eigenvalue weighted by Crippen LogP contribution is 2.46. The van der Waals surface area contributed by atoms with Crippen molar-refractivity contribution in [1.29, 1.82) is 0 Å². The van der Waals surface area contributed by atoms with E-state index < -0.39 is 39.5 Å². The molecular weight excluding hydrogens is 578 g/mol. The van der Waals surface area contributed by atoms with Gasteiger partial charge < -0.3 is 24.4 Å². The number of benzene rings is 2. The van der Waals surface area contributed by atoms with E-state index in [-0.39, 0.29) is 28.2 Å². The van der Waals surface area contributed by atoms with E-state index in [9.17, 15) is 18.0 Å². The van der Waals surface area contributed by atoms with Gasteiger partial charge in [0.15, 0.2) is 15.0 Å². The van der Waals surface area contributed by atoms with Gasteiger partial charge >= 0.3 is 6.09 Å². The molecule has 2 fully saturated rings. The Labute approximate surface area is 243 Å². The predicted octanol–water partition coefficient (Wildman–Crippen LogP) is 4.09. The molecule has 40 heavy (non-hydrogen) atoms. The number of sulfone groups is 1. The third-order valence-electron chi connectivity index (χ3n) is 6.26. The first kappa shape index (κ1) is 30.0. The van der Waals surface area contributed by atoms with E-state index in [1.54, 1.807) is 37.8 Å². The number of aliphatic imine (C=N–C) groups is 1. The molecule has 216 valence electrons. The first-order chi connectivity index (χ1) is 18.8. The van der Waals surface area contributed by atoms with Gasteiger partial charge in [-0.05, 0) is 32.4 Å². The number of ether oxygens (including phenoxy) is 3. The van der Waals surface area contributed by atoms with E-state index >= 15 is 0 Å². The van der Waals surface area contributed by atoms with Crippen molar-refractivity contribution in [1.82, 2.24) is 5.32 Å². The number of rotatable bonds is 7. The zero-order valence-corrected chi connectivity index (χ0v) is 25.2. The van der Waals surface area contributed by atoms with Gasteiger partial charge in [-0.2, -0.15) is 4.99 Å². The van der Waals surface area contributed by atoms with Gasteiger partial charge in [0.2, 0.25) is 0 Å². The second kappa shape index (κ2) is 11.9. The van der Waals surface area contributed by atoms with Crippen LogP contribution >= 0.6 is 23.4 Å². The van der Waals surface area contributed by atoms with Crippen LogP contribution in [0.25, 0.3) is 0 Å². The lowest BCUT2D eigenvalue weighted by molar-refractivity contribution is -0.119. The fourth-order valence-corrected chi connectivity index (χ4v) is 8.70. The Kier molecular flexibility index (Phi) is 8.91. The Morgan fingerprint density at radius 3 is 2.42 bits per heavy atom. The molecule has 0 bridgehead atoms. The number of fused-ring (bicyclic) bond motifs is 1. The Hall–Kier alpha value is -2.96. The number of carbonyl (C=O) groups excluding carboxylic acids is 2. The molecule has 0 radical (unpaired) electrons. The lowest BCUT2D eigenvalue weighted by Gasteiger charge is -2.27. The third-order valence-corrected chi connectivity index (χ3v) is 9.76. The van der Waals surface area contributed by atoms with Gasteiger partial charge in [0.1, 0.15) is 23.1 Å². The van der Waals surface area contributed by atoms with Crippen LogP contribution in [0, 0.1) is 0 Å². The van der Waals surface area contributed by atoms with Gasteiger partial charge in [-0.1, -0.05) is 53.7 Å². The average molecular weight is 610 g/mol. The first-order valence-corrected chi connectivity index (χ1v) is 15.6. The van der Waals surface area contributed by atoms with Crippen LogP contribution in [0.3, 0.4) is 0 Å². The number of hydrogen-bond donors (Lipinski definition) is 1. The Bertz CT molecular complexity index is 1410. The summed E-state index contributed by atoms with van der Waals surface area (Å²) in [4.78, 5) is 32.4. The van der Waals surface area contributed by atoms with Gasteiger partial charge in [0.25, 0.3) is 5.91 Å². The average Bonchev–Trinajstić information content (AvgIpc) is 3.33. The molecule has 2 aromatic carbocycles. The molecule has 2 heterocycles. The maximum Gasteiger partial charge on any atom is 0.408 e. The predicted molar refractivity (Wildman–Crippen MR) is 157 cm³/mol. The fourth-order valence-electron chi connectivity index (χ4n) is 4.55. The normalized spacial score (nSPS) is 21.6. The van der Waals surface area contributed by atoms with Gasteiger partial charge in [0.05, 0.1) is 42.5 Å². The highest BCUT2D eigenvalue weighted by atomic mass is 35.5. The topological polar surface area (TPSA) is 124 Å². The molecule has 2 aliphatic heterocycles. The molecule has 13 heteroatoms. The smallest absolute Gasteiger partial charge is 0.408 e. The number of halogens is 1. The minimum atomic E-state index is -3.31. The van der Waals surface area contributed by atoms with Gasteiger partial charge in [-0.15, -0.1) is 0 Å². The van der Waals surface area contributed by atoms with Crippen LogP contribution in [0.2, 0.25) is 5.02 Å². The molecule has 2 saturated heterocycles. The molecule has 2 aliphatic rings. The van der Waals surface area contributed by atoms with Crippen molar-refractivity contribution in [3.8, 4) is 11.5 Å². The molecule has 0 unspecified atom stereocenters. The minimum absolute atomic E-state index is 0.0537. The maximum absolute atomic E-state index is 13.7. The molecular formula is C27H32ClN3O7S2. The lowest BCUT2D eigenvalue weighted by atomic mass is 10.1. The molecule has 2 aromatic rings. The number of amides is 2. The zero-order valence-electron chi connectivity index (χ0n) is 22.8. The Morgan fingerprint density at radius 2 is 1.80 bits per heavy atom. The Balaban J connectivity index is 1.73. The molecule has 0 aromatic heterocycles. The van der Waals surface area contributed by atoms with Crippen molar-refractivity contribution in [2.45, 2.75) is 50.1 Å². The van der Waals surface area contributed by atoms with Crippen molar-refractivity contribution in [2.24, 2.45) is 4.99 Å². The summed E-state index contributed by atoms with van der Waals surface area (Å²) in [6.07, 6.45) is -0.566. The fraction of sp³-hybridized carbons (Fsp3) is 0.444. The van der Waals surface area contributed by atoms with Crippen molar-refractivity contribution >= 4 is 56.1 Å². The van der Waals surface area contributed by atoms with Gasteiger partial charge in [0, 0.05) is 17.7 Å². The molecule has 3 atom stereocenters. The largest absolute Gasteiger partial charge is 0.495 e. The number of nitrogens with zero attached hydrogens (tertiary/aromatic N) is 2. The number of anilines is 1. The van der Waals surface area contributed by atoms with Crippen LogP contribution in [-0.4, -0.2) is 74.2 Å². The lowest BCUT2D eigenvalue weighted by Crippen LogP contribution is -2.45. The highest BCUT2D eigenvalue weighted by molar-refractivity contribution is 8.16. The number of amidine groups is 1. The highest BCUT2D eigenvalue weighted by Gasteiger charge is 2.50. The summed E-state index contributed by atoms with van der Waals surface area (Å²) >= 11 is 7.64. The number of alkyl carbamates (subject to hydrolysis) is 1. The van der Waals surface area contributed by atoms with Gasteiger partial charge in [-0.25, -0.2) is 13.2 Å². The molecule has 2 amide bonds. The van der Waals surface area contributed by atoms with Crippen molar-refractivity contribution in [3.05, 3.63) is 53.1 Å². The summed E-state index contributed by atoms with van der Waals surface area (Å²) in [5.41, 5.74) is 0.512. The second-order valence-electron chi connectivity index (χ2n) is 10.5. The van der Waals surface area contributed by atoms with E-state index in [0.29, 0.717) is 22.4 Å². The number of methoxy groups -OCH3 is 2. The first-order valence-electron chi connectivity index (χ1n) is 12.5. The number of hydrogen-bond acceptors (Lipinski definition) is 8. The van der Waals surface area contributed by atoms with E-state index in [1.807, 2.05) is 30.3 Å². The maximum atomic E-state index is 13.7. The zero-order chi connectivity index (χ0) is 29.2. The van der Waals surface area contributed by atoms with Crippen LogP contribution in [-0.2, 0) is 25.8 Å². The van der Waals surface area contributed by atoms with Gasteiger partial charge in [-0.3, -0.25) is 4.79 Å². The molecule has 0 saturated carbocycles. The van der Waals surface area contributed by atoms with E-state index in [4.69, 9.17) is 25.8 Å². The summed E-state index contributed by atoms with van der Waals surface area (Å²) in [6.45, 7) is 5.19. The Morgan fingerprint density at radius 1 is 1.12 bits per heavy atom. The van der Waals surface area contributed by atoms with Crippen LogP contribution in [0.5, 0.6) is 11.5 Å². The molecule has 4 rings (SSSR count). The van der Waals surface area contributed by atoms with Crippen LogP contribution in [0.1, 0.15) is 26.3 Å². The van der Waals surface area contributed by atoms with Crippen molar-refractivity contribution in [2.75, 3.05) is 30.6 Å². The minimum Gasteiger partial charge on any atom is -0.495 e. The van der Waals surface area contributed by atoms with Crippen LogP contribution < -0.4 is 19.7 Å². The summed E-state index contributed by atoms with van der Waals surface area (Å²) in [7, 11) is -0.359. The molecule has 1 N–H and O–H groups in total. The molecule has 10 nitrogen and oxygen atoms in total. The SMILES string of the molecule is COc1cc(OC)c(N2C(=NC(=O)[C@@H](Cc3ccccc3)NC(=O)OC(C)(C)C)S[C@H]3CS(=O)(=O)C[C@@H]32)cc1Cl. The van der Waals surface area contributed by atoms with E-state index in [2.05, 4.69) is 10.3 Å². The second-order valence-corrected chi connectivity index (χ2v) is 14.2. The quantitative estimate of drug-likeness (QED) is 0.494. The number of nitrogens with one attached hydrogen (secondary N) is 1. The summed E-state index contributed by atoms with van der Waals surface area (Å²) in [6, 6.07) is 10.9. The van der Waals surface area contributed by atoms with Crippen LogP contribution in [0.15, 0.2) is 47.5 Å². The van der Waals surface area contributed by atoms with Crippen molar-refractivity contribution in [3.63, 3.8) is 0 Å². The summed E-state index contributed by atoms with van der Waals surface area (Å²) in [5.74, 6) is -0.0251. The third kappa shape index (κ3) is 7.02. The number of thioether (sulfide) groups is 1. The summed E-state index contributed by atoms with van der Waals surface area (Å²) < 4.78 is 41.3. The van der Waals surface area contributed by atoms with E-state index in [1.165, 1.54) is 26.0 Å².